The highest BCUT2D eigenvalue weighted by atomic mass is 35.5. The molecule has 4 rings (SSSR count). The zero-order valence-electron chi connectivity index (χ0n) is 15.3. The number of rotatable bonds is 6. The van der Waals surface area contributed by atoms with Crippen molar-refractivity contribution in [3.05, 3.63) is 70.1 Å². The average Bonchev–Trinajstić information content (AvgIpc) is 3.32. The smallest absolute Gasteiger partial charge is 0.249 e. The van der Waals surface area contributed by atoms with Gasteiger partial charge in [-0.05, 0) is 48.9 Å². The second-order valence-corrected chi connectivity index (χ2v) is 10.1. The number of nitrogens with zero attached hydrogens (tertiary/aromatic N) is 2. The van der Waals surface area contributed by atoms with Crippen molar-refractivity contribution in [2.24, 2.45) is 0 Å². The molecule has 29 heavy (non-hydrogen) atoms. The third-order valence-electron chi connectivity index (χ3n) is 4.68. The maximum Gasteiger partial charge on any atom is 0.249 e. The molecule has 0 spiro atoms. The van der Waals surface area contributed by atoms with E-state index in [0.29, 0.717) is 28.7 Å². The summed E-state index contributed by atoms with van der Waals surface area (Å²) in [6.45, 7) is 0.558. The number of thiazole rings is 1. The van der Waals surface area contributed by atoms with Gasteiger partial charge >= 0.3 is 0 Å². The lowest BCUT2D eigenvalue weighted by molar-refractivity contribution is -0.117. The summed E-state index contributed by atoms with van der Waals surface area (Å²) >= 11 is 7.31. The van der Waals surface area contributed by atoms with Crippen LogP contribution in [0.5, 0.6) is 0 Å². The van der Waals surface area contributed by atoms with Crippen LogP contribution < -0.4 is 10.2 Å². The maximum atomic E-state index is 12.8. The van der Waals surface area contributed by atoms with E-state index in [4.69, 9.17) is 11.6 Å². The number of sulfone groups is 1. The zero-order chi connectivity index (χ0) is 20.4. The quantitative estimate of drug-likeness (QED) is 0.618. The summed E-state index contributed by atoms with van der Waals surface area (Å²) in [5.74, 6) is -0.179. The summed E-state index contributed by atoms with van der Waals surface area (Å²) in [4.78, 5) is 18.7. The highest BCUT2D eigenvalue weighted by Crippen LogP contribution is 2.27. The molecule has 1 aromatic heterocycles. The Morgan fingerprint density at radius 3 is 2.69 bits per heavy atom. The standard InChI is InChI=1S/C20H18ClN3O3S2/c21-14-2-1-3-15(12-14)23-18-8-10-24(20(18)25)16-4-6-17(7-5-16)29(26,27)13-19-22-9-11-28-19/h1-7,9,11-12,18,23H,8,10,13H2. The van der Waals surface area contributed by atoms with Crippen LogP contribution in [0.4, 0.5) is 11.4 Å². The molecular weight excluding hydrogens is 430 g/mol. The molecule has 0 aliphatic carbocycles. The molecule has 1 atom stereocenters. The van der Waals surface area contributed by atoms with Crippen molar-refractivity contribution >= 4 is 50.1 Å². The van der Waals surface area contributed by atoms with E-state index >= 15 is 0 Å². The number of amides is 1. The van der Waals surface area contributed by atoms with Crippen molar-refractivity contribution in [3.8, 4) is 0 Å². The zero-order valence-corrected chi connectivity index (χ0v) is 17.7. The fraction of sp³-hybridized carbons (Fsp3) is 0.200. The Bertz CT molecular complexity index is 1120. The first-order valence-corrected chi connectivity index (χ1v) is 11.9. The minimum atomic E-state index is -3.47. The Morgan fingerprint density at radius 2 is 2.00 bits per heavy atom. The van der Waals surface area contributed by atoms with Gasteiger partial charge in [0.15, 0.2) is 9.84 Å². The molecule has 2 aromatic carbocycles. The fourth-order valence-electron chi connectivity index (χ4n) is 3.25. The van der Waals surface area contributed by atoms with Crippen LogP contribution in [0.25, 0.3) is 0 Å². The Kier molecular flexibility index (Phi) is 5.58. The van der Waals surface area contributed by atoms with Gasteiger partial charge in [-0.15, -0.1) is 11.3 Å². The van der Waals surface area contributed by atoms with Crippen molar-refractivity contribution in [2.75, 3.05) is 16.8 Å². The molecule has 150 valence electrons. The van der Waals surface area contributed by atoms with Crippen molar-refractivity contribution in [2.45, 2.75) is 23.1 Å². The number of benzene rings is 2. The van der Waals surface area contributed by atoms with E-state index in [1.165, 1.54) is 11.3 Å². The number of hydrogen-bond donors (Lipinski definition) is 1. The summed E-state index contributed by atoms with van der Waals surface area (Å²) in [6, 6.07) is 13.3. The van der Waals surface area contributed by atoms with Crippen LogP contribution in [-0.2, 0) is 20.4 Å². The molecule has 0 saturated carbocycles. The maximum absolute atomic E-state index is 12.8. The van der Waals surface area contributed by atoms with Gasteiger partial charge in [0.05, 0.1) is 4.90 Å². The lowest BCUT2D eigenvalue weighted by atomic mass is 10.2. The van der Waals surface area contributed by atoms with Gasteiger partial charge in [-0.2, -0.15) is 0 Å². The molecule has 6 nitrogen and oxygen atoms in total. The average molecular weight is 448 g/mol. The van der Waals surface area contributed by atoms with E-state index in [2.05, 4.69) is 10.3 Å². The highest BCUT2D eigenvalue weighted by Gasteiger charge is 2.32. The Balaban J connectivity index is 1.46. The summed E-state index contributed by atoms with van der Waals surface area (Å²) in [5.41, 5.74) is 1.47. The van der Waals surface area contributed by atoms with Crippen molar-refractivity contribution in [1.29, 1.82) is 0 Å². The molecule has 1 amide bonds. The number of carbonyl (C=O) groups excluding carboxylic acids is 1. The molecule has 3 aromatic rings. The van der Waals surface area contributed by atoms with Crippen LogP contribution in [0.15, 0.2) is 65.0 Å². The first kappa shape index (κ1) is 19.9. The second kappa shape index (κ2) is 8.14. The Labute approximate surface area is 178 Å². The summed E-state index contributed by atoms with van der Waals surface area (Å²) in [5, 5.41) is 6.12. The topological polar surface area (TPSA) is 79.4 Å². The third-order valence-corrected chi connectivity index (χ3v) is 7.52. The number of nitrogens with one attached hydrogen (secondary N) is 1. The molecule has 1 aliphatic heterocycles. The van der Waals surface area contributed by atoms with Gasteiger partial charge in [0.2, 0.25) is 5.91 Å². The van der Waals surface area contributed by atoms with E-state index in [-0.39, 0.29) is 22.6 Å². The molecular formula is C20H18ClN3O3S2. The van der Waals surface area contributed by atoms with Gasteiger partial charge in [0.25, 0.3) is 0 Å². The van der Waals surface area contributed by atoms with Crippen LogP contribution in [0.2, 0.25) is 5.02 Å². The van der Waals surface area contributed by atoms with Crippen molar-refractivity contribution < 1.29 is 13.2 Å². The molecule has 1 fully saturated rings. The van der Waals surface area contributed by atoms with Gasteiger partial charge < -0.3 is 10.2 Å². The lowest BCUT2D eigenvalue weighted by Crippen LogP contribution is -2.33. The summed E-state index contributed by atoms with van der Waals surface area (Å²) < 4.78 is 25.1. The molecule has 1 saturated heterocycles. The number of anilines is 2. The SMILES string of the molecule is O=C1C(Nc2cccc(Cl)c2)CCN1c1ccc(S(=O)(=O)Cc2nccs2)cc1. The highest BCUT2D eigenvalue weighted by molar-refractivity contribution is 7.90. The first-order chi connectivity index (χ1) is 13.9. The Hall–Kier alpha value is -2.42. The van der Waals surface area contributed by atoms with Crippen LogP contribution in [-0.4, -0.2) is 31.9 Å². The number of carbonyl (C=O) groups is 1. The normalized spacial score (nSPS) is 16.9. The van der Waals surface area contributed by atoms with Crippen molar-refractivity contribution in [3.63, 3.8) is 0 Å². The fourth-order valence-corrected chi connectivity index (χ4v) is 5.70. The molecule has 1 aliphatic rings. The predicted molar refractivity (Wildman–Crippen MR) is 115 cm³/mol. The van der Waals surface area contributed by atoms with Crippen LogP contribution in [0.1, 0.15) is 11.4 Å². The summed E-state index contributed by atoms with van der Waals surface area (Å²) in [6.07, 6.45) is 2.24. The molecule has 0 bridgehead atoms. The number of hydrogen-bond acceptors (Lipinski definition) is 6. The minimum Gasteiger partial charge on any atom is -0.374 e. The van der Waals surface area contributed by atoms with Gasteiger partial charge in [-0.3, -0.25) is 4.79 Å². The molecule has 9 heteroatoms. The second-order valence-electron chi connectivity index (χ2n) is 6.66. The summed E-state index contributed by atoms with van der Waals surface area (Å²) in [7, 11) is -3.47. The lowest BCUT2D eigenvalue weighted by Gasteiger charge is -2.18. The van der Waals surface area contributed by atoms with Crippen LogP contribution in [0.3, 0.4) is 0 Å². The molecule has 0 radical (unpaired) electrons. The van der Waals surface area contributed by atoms with Gasteiger partial charge in [-0.25, -0.2) is 13.4 Å². The monoisotopic (exact) mass is 447 g/mol. The van der Waals surface area contributed by atoms with E-state index in [1.54, 1.807) is 52.9 Å². The molecule has 1 N–H and O–H groups in total. The number of aromatic nitrogens is 1. The third kappa shape index (κ3) is 4.44. The van der Waals surface area contributed by atoms with E-state index < -0.39 is 9.84 Å². The van der Waals surface area contributed by atoms with Gasteiger partial charge in [0, 0.05) is 34.5 Å². The minimum absolute atomic E-state index is 0.0524. The molecule has 2 heterocycles. The van der Waals surface area contributed by atoms with E-state index in [1.807, 2.05) is 12.1 Å². The number of halogens is 1. The van der Waals surface area contributed by atoms with Crippen LogP contribution >= 0.6 is 22.9 Å². The van der Waals surface area contributed by atoms with Gasteiger partial charge in [-0.1, -0.05) is 17.7 Å². The first-order valence-electron chi connectivity index (χ1n) is 8.97. The largest absolute Gasteiger partial charge is 0.374 e. The van der Waals surface area contributed by atoms with E-state index in [9.17, 15) is 13.2 Å². The van der Waals surface area contributed by atoms with Gasteiger partial charge in [0.1, 0.15) is 16.8 Å². The van der Waals surface area contributed by atoms with Crippen LogP contribution in [0, 0.1) is 0 Å². The predicted octanol–water partition coefficient (Wildman–Crippen LogP) is 3.99. The van der Waals surface area contributed by atoms with Crippen molar-refractivity contribution in [1.82, 2.24) is 4.98 Å². The molecule has 1 unspecified atom stereocenters. The van der Waals surface area contributed by atoms with E-state index in [0.717, 1.165) is 5.69 Å². The Morgan fingerprint density at radius 1 is 1.21 bits per heavy atom.